The molecule has 3 rings (SSSR count). The number of piperidine rings is 2. The van der Waals surface area contributed by atoms with Crippen molar-refractivity contribution in [3.8, 4) is 0 Å². The van der Waals surface area contributed by atoms with Crippen LogP contribution in [0.3, 0.4) is 0 Å². The molecule has 2 aliphatic heterocycles. The molecule has 0 radical (unpaired) electrons. The minimum absolute atomic E-state index is 0. The van der Waals surface area contributed by atoms with Crippen LogP contribution in [-0.4, -0.2) is 75.6 Å². The zero-order valence-electron chi connectivity index (χ0n) is 15.8. The lowest BCUT2D eigenvalue weighted by atomic mass is 9.91. The Morgan fingerprint density at radius 2 is 1.84 bits per heavy atom. The summed E-state index contributed by atoms with van der Waals surface area (Å²) in [5.74, 6) is 1.32. The molecule has 7 heteroatoms. The third-order valence-electron chi connectivity index (χ3n) is 6.24. The van der Waals surface area contributed by atoms with E-state index >= 15 is 0 Å². The zero-order chi connectivity index (χ0) is 16.3. The van der Waals surface area contributed by atoms with E-state index in [1.165, 1.54) is 45.3 Å². The van der Waals surface area contributed by atoms with Crippen molar-refractivity contribution in [1.82, 2.24) is 20.4 Å². The highest BCUT2D eigenvalue weighted by Crippen LogP contribution is 2.58. The van der Waals surface area contributed by atoms with Gasteiger partial charge in [-0.15, -0.1) is 24.8 Å². The molecular weight excluding hydrogens is 359 g/mol. The highest BCUT2D eigenvalue weighted by molar-refractivity contribution is 5.85. The van der Waals surface area contributed by atoms with Crippen LogP contribution in [0, 0.1) is 17.3 Å². The van der Waals surface area contributed by atoms with Gasteiger partial charge in [0.15, 0.2) is 0 Å². The third-order valence-corrected chi connectivity index (χ3v) is 6.24. The molecule has 0 aromatic heterocycles. The summed E-state index contributed by atoms with van der Waals surface area (Å²) in [5, 5.41) is 6.67. The van der Waals surface area contributed by atoms with Crippen molar-refractivity contribution in [2.24, 2.45) is 17.3 Å². The van der Waals surface area contributed by atoms with Gasteiger partial charge < -0.3 is 20.4 Å². The summed E-state index contributed by atoms with van der Waals surface area (Å²) < 4.78 is 0. The highest BCUT2D eigenvalue weighted by atomic mass is 35.5. The number of halogens is 2. The standard InChI is InChI=1S/C18H34N4O.2ClH/c1-21(2)11-12-22-9-3-15(4-10-22)14-20-17(23)16-13-18(16)5-7-19-8-6-18;;/h15-16,19H,3-14H2,1-2H3,(H,20,23);2*1H. The van der Waals surface area contributed by atoms with Crippen molar-refractivity contribution in [3.05, 3.63) is 0 Å². The van der Waals surface area contributed by atoms with Crippen LogP contribution in [0.15, 0.2) is 0 Å². The molecule has 1 amide bonds. The van der Waals surface area contributed by atoms with E-state index in [1.54, 1.807) is 0 Å². The predicted octanol–water partition coefficient (Wildman–Crippen LogP) is 1.61. The van der Waals surface area contributed by atoms with Crippen molar-refractivity contribution in [2.45, 2.75) is 32.1 Å². The second kappa shape index (κ2) is 10.3. The van der Waals surface area contributed by atoms with Crippen LogP contribution in [0.2, 0.25) is 0 Å². The smallest absolute Gasteiger partial charge is 0.223 e. The Morgan fingerprint density at radius 3 is 2.44 bits per heavy atom. The van der Waals surface area contributed by atoms with Crippen LogP contribution < -0.4 is 10.6 Å². The molecule has 25 heavy (non-hydrogen) atoms. The first-order valence-electron chi connectivity index (χ1n) is 9.45. The molecule has 2 saturated heterocycles. The van der Waals surface area contributed by atoms with Gasteiger partial charge >= 0.3 is 0 Å². The number of nitrogens with one attached hydrogen (secondary N) is 2. The van der Waals surface area contributed by atoms with Crippen molar-refractivity contribution in [3.63, 3.8) is 0 Å². The van der Waals surface area contributed by atoms with E-state index in [9.17, 15) is 4.79 Å². The Labute approximate surface area is 165 Å². The minimum atomic E-state index is 0. The lowest BCUT2D eigenvalue weighted by Crippen LogP contribution is -2.41. The summed E-state index contributed by atoms with van der Waals surface area (Å²) in [7, 11) is 4.27. The van der Waals surface area contributed by atoms with Gasteiger partial charge in [0.25, 0.3) is 0 Å². The quantitative estimate of drug-likeness (QED) is 0.718. The van der Waals surface area contributed by atoms with Gasteiger partial charge in [-0.05, 0) is 83.7 Å². The van der Waals surface area contributed by atoms with Crippen LogP contribution in [0.25, 0.3) is 0 Å². The van der Waals surface area contributed by atoms with Crippen LogP contribution in [0.1, 0.15) is 32.1 Å². The van der Waals surface area contributed by atoms with Gasteiger partial charge in [0.05, 0.1) is 0 Å². The van der Waals surface area contributed by atoms with Gasteiger partial charge in [-0.1, -0.05) is 0 Å². The molecular formula is C18H36Cl2N4O. The van der Waals surface area contributed by atoms with E-state index in [2.05, 4.69) is 34.5 Å². The Morgan fingerprint density at radius 1 is 1.20 bits per heavy atom. The molecule has 1 spiro atoms. The van der Waals surface area contributed by atoms with Crippen molar-refractivity contribution in [1.29, 1.82) is 0 Å². The molecule has 1 atom stereocenters. The average Bonchev–Trinajstić information content (AvgIpc) is 3.25. The first-order valence-corrected chi connectivity index (χ1v) is 9.45. The van der Waals surface area contributed by atoms with Crippen LogP contribution in [0.5, 0.6) is 0 Å². The zero-order valence-corrected chi connectivity index (χ0v) is 17.4. The first kappa shape index (κ1) is 23.0. The van der Waals surface area contributed by atoms with Crippen molar-refractivity contribution >= 4 is 30.7 Å². The lowest BCUT2D eigenvalue weighted by molar-refractivity contribution is -0.123. The normalized spacial score (nSPS) is 26.0. The van der Waals surface area contributed by atoms with E-state index < -0.39 is 0 Å². The fourth-order valence-corrected chi connectivity index (χ4v) is 4.32. The van der Waals surface area contributed by atoms with Crippen molar-refractivity contribution < 1.29 is 4.79 Å². The molecule has 2 N–H and O–H groups in total. The molecule has 1 saturated carbocycles. The van der Waals surface area contributed by atoms with Gasteiger partial charge in [-0.3, -0.25) is 4.79 Å². The van der Waals surface area contributed by atoms with E-state index in [0.29, 0.717) is 23.2 Å². The number of nitrogens with zero attached hydrogens (tertiary/aromatic N) is 2. The van der Waals surface area contributed by atoms with E-state index in [-0.39, 0.29) is 24.8 Å². The monoisotopic (exact) mass is 394 g/mol. The number of likely N-dealkylation sites (tertiary alicyclic amines) is 1. The van der Waals surface area contributed by atoms with Gasteiger partial charge in [0.1, 0.15) is 0 Å². The van der Waals surface area contributed by atoms with E-state index in [4.69, 9.17) is 0 Å². The maximum Gasteiger partial charge on any atom is 0.223 e. The van der Waals surface area contributed by atoms with E-state index in [1.807, 2.05) is 0 Å². The number of carbonyl (C=O) groups is 1. The number of carbonyl (C=O) groups excluding carboxylic acids is 1. The highest BCUT2D eigenvalue weighted by Gasteiger charge is 2.57. The minimum Gasteiger partial charge on any atom is -0.356 e. The maximum atomic E-state index is 12.4. The van der Waals surface area contributed by atoms with E-state index in [0.717, 1.165) is 32.6 Å². The topological polar surface area (TPSA) is 47.6 Å². The van der Waals surface area contributed by atoms with Gasteiger partial charge in [0, 0.05) is 25.6 Å². The summed E-state index contributed by atoms with van der Waals surface area (Å²) >= 11 is 0. The molecule has 1 unspecified atom stereocenters. The Balaban J connectivity index is 0.00000156. The van der Waals surface area contributed by atoms with Crippen molar-refractivity contribution in [2.75, 3.05) is 59.9 Å². The summed E-state index contributed by atoms with van der Waals surface area (Å²) in [5.41, 5.74) is 0.366. The number of amides is 1. The molecule has 5 nitrogen and oxygen atoms in total. The van der Waals surface area contributed by atoms with Crippen LogP contribution >= 0.6 is 24.8 Å². The SMILES string of the molecule is CN(C)CCN1CCC(CNC(=O)C2CC23CCNCC3)CC1.Cl.Cl. The second-order valence-electron chi connectivity index (χ2n) is 8.20. The van der Waals surface area contributed by atoms with Gasteiger partial charge in [-0.2, -0.15) is 0 Å². The van der Waals surface area contributed by atoms with Crippen LogP contribution in [0.4, 0.5) is 0 Å². The fraction of sp³-hybridized carbons (Fsp3) is 0.944. The fourth-order valence-electron chi connectivity index (χ4n) is 4.32. The summed E-state index contributed by atoms with van der Waals surface area (Å²) in [6.45, 7) is 7.76. The number of hydrogen-bond acceptors (Lipinski definition) is 4. The lowest BCUT2D eigenvalue weighted by Gasteiger charge is -2.32. The Bertz CT molecular complexity index is 408. The second-order valence-corrected chi connectivity index (χ2v) is 8.20. The predicted molar refractivity (Wildman–Crippen MR) is 108 cm³/mol. The molecule has 148 valence electrons. The third kappa shape index (κ3) is 6.24. The Hall–Kier alpha value is -0.0700. The molecule has 3 fully saturated rings. The number of hydrogen-bond donors (Lipinski definition) is 2. The molecule has 0 bridgehead atoms. The molecule has 3 aliphatic rings. The molecule has 1 aliphatic carbocycles. The number of likely N-dealkylation sites (N-methyl/N-ethyl adjacent to an activating group) is 1. The summed E-state index contributed by atoms with van der Waals surface area (Å²) in [4.78, 5) is 17.2. The largest absolute Gasteiger partial charge is 0.356 e. The van der Waals surface area contributed by atoms with Gasteiger partial charge in [0.2, 0.25) is 5.91 Å². The first-order chi connectivity index (χ1) is 11.1. The molecule has 2 heterocycles. The van der Waals surface area contributed by atoms with Gasteiger partial charge in [-0.25, -0.2) is 0 Å². The summed E-state index contributed by atoms with van der Waals surface area (Å²) in [6, 6.07) is 0. The molecule has 0 aromatic carbocycles. The maximum absolute atomic E-state index is 12.4. The summed E-state index contributed by atoms with van der Waals surface area (Å²) in [6.07, 6.45) is 5.97. The Kier molecular flexibility index (Phi) is 9.47. The average molecular weight is 395 g/mol. The van der Waals surface area contributed by atoms with Crippen LogP contribution in [-0.2, 0) is 4.79 Å². The number of rotatable bonds is 6. The molecule has 0 aromatic rings.